The molecule has 1 fully saturated rings. The number of benzene rings is 2. The third-order valence-corrected chi connectivity index (χ3v) is 5.73. The molecular formula is C22H26N2O2S. The van der Waals surface area contributed by atoms with E-state index in [4.69, 9.17) is 0 Å². The predicted molar refractivity (Wildman–Crippen MR) is 111 cm³/mol. The average Bonchev–Trinajstić information content (AvgIpc) is 2.69. The summed E-state index contributed by atoms with van der Waals surface area (Å²) >= 11 is 1.63. The van der Waals surface area contributed by atoms with Crippen LogP contribution in [-0.2, 0) is 11.3 Å². The molecule has 2 aromatic rings. The number of thioether (sulfide) groups is 1. The van der Waals surface area contributed by atoms with E-state index >= 15 is 0 Å². The summed E-state index contributed by atoms with van der Waals surface area (Å²) in [5, 5.41) is 2.79. The smallest absolute Gasteiger partial charge is 0.221 e. The first-order valence-electron chi connectivity index (χ1n) is 9.33. The quantitative estimate of drug-likeness (QED) is 0.592. The van der Waals surface area contributed by atoms with Gasteiger partial charge in [-0.2, -0.15) is 0 Å². The molecule has 142 valence electrons. The Labute approximate surface area is 165 Å². The number of ketones is 1. The Morgan fingerprint density at radius 3 is 2.59 bits per heavy atom. The molecule has 0 unspecified atom stereocenters. The van der Waals surface area contributed by atoms with Gasteiger partial charge in [-0.15, -0.1) is 11.8 Å². The maximum atomic E-state index is 13.0. The summed E-state index contributed by atoms with van der Waals surface area (Å²) in [5.74, 6) is 0.266. The number of anilines is 1. The van der Waals surface area contributed by atoms with E-state index in [1.165, 1.54) is 12.5 Å². The van der Waals surface area contributed by atoms with Crippen LogP contribution in [0.4, 0.5) is 5.69 Å². The Morgan fingerprint density at radius 1 is 1.15 bits per heavy atom. The number of amides is 1. The standard InChI is InChI=1S/C22H26N2O2S/c1-16(25)23-19-11-9-17(10-12-19)14-24-13-5-6-18(15-24)22(26)20-7-3-4-8-21(20)27-2/h3-4,7-12,18H,5-6,13-15H2,1-2H3,(H,23,25)/t18-/m0/s1. The van der Waals surface area contributed by atoms with Crippen LogP contribution < -0.4 is 5.32 Å². The lowest BCUT2D eigenvalue weighted by Gasteiger charge is -2.32. The van der Waals surface area contributed by atoms with E-state index in [9.17, 15) is 9.59 Å². The zero-order valence-electron chi connectivity index (χ0n) is 15.9. The lowest BCUT2D eigenvalue weighted by Crippen LogP contribution is -2.38. The van der Waals surface area contributed by atoms with Crippen LogP contribution in [-0.4, -0.2) is 35.9 Å². The summed E-state index contributed by atoms with van der Waals surface area (Å²) in [6.07, 6.45) is 4.02. The van der Waals surface area contributed by atoms with Gasteiger partial charge >= 0.3 is 0 Å². The summed E-state index contributed by atoms with van der Waals surface area (Å²) in [5.41, 5.74) is 2.87. The van der Waals surface area contributed by atoms with Crippen LogP contribution in [0.5, 0.6) is 0 Å². The minimum atomic E-state index is -0.0642. The molecule has 0 radical (unpaired) electrons. The van der Waals surface area contributed by atoms with Crippen molar-refractivity contribution in [2.45, 2.75) is 31.2 Å². The molecule has 1 aliphatic heterocycles. The number of carbonyl (C=O) groups is 2. The second-order valence-corrected chi connectivity index (χ2v) is 7.86. The molecule has 0 bridgehead atoms. The highest BCUT2D eigenvalue weighted by Crippen LogP contribution is 2.27. The average molecular weight is 383 g/mol. The largest absolute Gasteiger partial charge is 0.326 e. The molecule has 0 spiro atoms. The van der Waals surface area contributed by atoms with Gasteiger partial charge in [0.15, 0.2) is 5.78 Å². The maximum absolute atomic E-state index is 13.0. The molecule has 0 aliphatic carbocycles. The SMILES string of the molecule is CSc1ccccc1C(=O)[C@H]1CCCN(Cc2ccc(NC(C)=O)cc2)C1. The molecule has 1 aliphatic rings. The van der Waals surface area contributed by atoms with E-state index in [-0.39, 0.29) is 17.6 Å². The van der Waals surface area contributed by atoms with Gasteiger partial charge in [0, 0.05) is 42.1 Å². The van der Waals surface area contributed by atoms with Crippen molar-refractivity contribution in [3.8, 4) is 0 Å². The van der Waals surface area contributed by atoms with E-state index in [0.717, 1.165) is 48.6 Å². The Balaban J connectivity index is 1.64. The molecular weight excluding hydrogens is 356 g/mol. The van der Waals surface area contributed by atoms with Crippen LogP contribution in [0.3, 0.4) is 0 Å². The van der Waals surface area contributed by atoms with Crippen LogP contribution in [0.1, 0.15) is 35.7 Å². The Hall–Kier alpha value is -2.11. The van der Waals surface area contributed by atoms with Gasteiger partial charge in [-0.1, -0.05) is 30.3 Å². The summed E-state index contributed by atoms with van der Waals surface area (Å²) in [6, 6.07) is 15.9. The predicted octanol–water partition coefficient (Wildman–Crippen LogP) is 4.46. The first kappa shape index (κ1) is 19.6. The highest BCUT2D eigenvalue weighted by Gasteiger charge is 2.27. The molecule has 1 saturated heterocycles. The second-order valence-electron chi connectivity index (χ2n) is 7.02. The molecule has 1 amide bonds. The third-order valence-electron chi connectivity index (χ3n) is 4.93. The van der Waals surface area contributed by atoms with Crippen molar-refractivity contribution >= 4 is 29.1 Å². The molecule has 5 heteroatoms. The van der Waals surface area contributed by atoms with E-state index in [1.54, 1.807) is 11.8 Å². The summed E-state index contributed by atoms with van der Waals surface area (Å²) in [4.78, 5) is 27.6. The number of piperidine rings is 1. The highest BCUT2D eigenvalue weighted by molar-refractivity contribution is 7.98. The van der Waals surface area contributed by atoms with Gasteiger partial charge in [-0.25, -0.2) is 0 Å². The van der Waals surface area contributed by atoms with Gasteiger partial charge in [0.1, 0.15) is 0 Å². The van der Waals surface area contributed by atoms with Crippen LogP contribution in [0.25, 0.3) is 0 Å². The van der Waals surface area contributed by atoms with Crippen molar-refractivity contribution in [3.05, 3.63) is 59.7 Å². The number of hydrogen-bond acceptors (Lipinski definition) is 4. The van der Waals surface area contributed by atoms with Gasteiger partial charge in [-0.3, -0.25) is 14.5 Å². The van der Waals surface area contributed by atoms with Gasteiger partial charge in [0.05, 0.1) is 0 Å². The van der Waals surface area contributed by atoms with Crippen molar-refractivity contribution in [1.29, 1.82) is 0 Å². The number of nitrogens with zero attached hydrogens (tertiary/aromatic N) is 1. The van der Waals surface area contributed by atoms with Crippen molar-refractivity contribution < 1.29 is 9.59 Å². The van der Waals surface area contributed by atoms with Crippen molar-refractivity contribution in [2.75, 3.05) is 24.7 Å². The van der Waals surface area contributed by atoms with Gasteiger partial charge in [0.2, 0.25) is 5.91 Å². The number of hydrogen-bond donors (Lipinski definition) is 1. The van der Waals surface area contributed by atoms with Crippen LogP contribution >= 0.6 is 11.8 Å². The maximum Gasteiger partial charge on any atom is 0.221 e. The first-order chi connectivity index (χ1) is 13.1. The summed E-state index contributed by atoms with van der Waals surface area (Å²) in [7, 11) is 0. The van der Waals surface area contributed by atoms with Crippen molar-refractivity contribution in [1.82, 2.24) is 4.90 Å². The van der Waals surface area contributed by atoms with Gasteiger partial charge in [-0.05, 0) is 49.4 Å². The number of Topliss-reactive ketones (excluding diaryl/α,β-unsaturated/α-hetero) is 1. The van der Waals surface area contributed by atoms with Gasteiger partial charge in [0.25, 0.3) is 0 Å². The van der Waals surface area contributed by atoms with Crippen molar-refractivity contribution in [2.24, 2.45) is 5.92 Å². The fraction of sp³-hybridized carbons (Fsp3) is 0.364. The topological polar surface area (TPSA) is 49.4 Å². The Morgan fingerprint density at radius 2 is 1.89 bits per heavy atom. The van der Waals surface area contributed by atoms with Crippen LogP contribution in [0.2, 0.25) is 0 Å². The zero-order valence-corrected chi connectivity index (χ0v) is 16.7. The Bertz CT molecular complexity index is 804. The molecule has 27 heavy (non-hydrogen) atoms. The minimum Gasteiger partial charge on any atom is -0.326 e. The van der Waals surface area contributed by atoms with Crippen LogP contribution in [0, 0.1) is 5.92 Å². The minimum absolute atomic E-state index is 0.0608. The normalized spacial score (nSPS) is 17.5. The van der Waals surface area contributed by atoms with E-state index < -0.39 is 0 Å². The second kappa shape index (κ2) is 9.20. The molecule has 3 rings (SSSR count). The number of carbonyl (C=O) groups excluding carboxylic acids is 2. The summed E-state index contributed by atoms with van der Waals surface area (Å²) < 4.78 is 0. The highest BCUT2D eigenvalue weighted by atomic mass is 32.2. The fourth-order valence-electron chi connectivity index (χ4n) is 3.64. The first-order valence-corrected chi connectivity index (χ1v) is 10.6. The molecule has 2 aromatic carbocycles. The number of rotatable bonds is 6. The molecule has 0 aromatic heterocycles. The van der Waals surface area contributed by atoms with Crippen molar-refractivity contribution in [3.63, 3.8) is 0 Å². The lowest BCUT2D eigenvalue weighted by atomic mass is 9.89. The van der Waals surface area contributed by atoms with E-state index in [0.29, 0.717) is 0 Å². The fourth-order valence-corrected chi connectivity index (χ4v) is 4.24. The van der Waals surface area contributed by atoms with Crippen LogP contribution in [0.15, 0.2) is 53.4 Å². The zero-order chi connectivity index (χ0) is 19.2. The summed E-state index contributed by atoms with van der Waals surface area (Å²) in [6.45, 7) is 4.15. The Kier molecular flexibility index (Phi) is 6.69. The third kappa shape index (κ3) is 5.21. The monoisotopic (exact) mass is 382 g/mol. The van der Waals surface area contributed by atoms with E-state index in [2.05, 4.69) is 10.2 Å². The molecule has 1 atom stereocenters. The molecule has 1 heterocycles. The van der Waals surface area contributed by atoms with Gasteiger partial charge < -0.3 is 5.32 Å². The molecule has 4 nitrogen and oxygen atoms in total. The molecule has 0 saturated carbocycles. The number of nitrogens with one attached hydrogen (secondary N) is 1. The molecule has 1 N–H and O–H groups in total. The number of likely N-dealkylation sites (tertiary alicyclic amines) is 1. The lowest BCUT2D eigenvalue weighted by molar-refractivity contribution is -0.114. The van der Waals surface area contributed by atoms with E-state index in [1.807, 2.05) is 54.8 Å².